The Balaban J connectivity index is 1.23. The molecule has 268 valence electrons. The number of carbonyl (C=O) groups is 3. The first-order valence-electron chi connectivity index (χ1n) is 17.1. The van der Waals surface area contributed by atoms with E-state index in [-0.39, 0.29) is 42.9 Å². The Hall–Kier alpha value is -4.94. The molecular weight excluding hydrogens is 661 g/mol. The van der Waals surface area contributed by atoms with Crippen LogP contribution < -0.4 is 11.1 Å². The maximum Gasteiger partial charge on any atom is 0.418 e. The van der Waals surface area contributed by atoms with Gasteiger partial charge in [0.25, 0.3) is 11.8 Å². The zero-order valence-corrected chi connectivity index (χ0v) is 28.1. The lowest BCUT2D eigenvalue weighted by Gasteiger charge is -2.40. The van der Waals surface area contributed by atoms with Gasteiger partial charge < -0.3 is 30.7 Å². The van der Waals surface area contributed by atoms with Gasteiger partial charge in [-0.2, -0.15) is 13.2 Å². The average Bonchev–Trinajstić information content (AvgIpc) is 3.15. The molecule has 0 bridgehead atoms. The third-order valence-electron chi connectivity index (χ3n) is 9.99. The molecule has 9 nitrogen and oxygen atoms in total. The predicted octanol–water partition coefficient (Wildman–Crippen LogP) is 5.58. The van der Waals surface area contributed by atoms with Gasteiger partial charge in [-0.05, 0) is 60.7 Å². The molecule has 3 amide bonds. The topological polar surface area (TPSA) is 125 Å². The van der Waals surface area contributed by atoms with Crippen LogP contribution in [-0.4, -0.2) is 77.6 Å². The Labute approximate surface area is 294 Å². The number of morpholine rings is 1. The SMILES string of the molecule is Nc1ccc(NC(=O)C(O)(Cc2cccc(C3C=CC=C(C(=O)N4CCOCC4)C3)c2)C2CCN(C(=O)c3ccccc3)CC2)cc1C(F)(F)F. The molecule has 0 aromatic heterocycles. The number of nitrogens with two attached hydrogens (primary N) is 1. The van der Waals surface area contributed by atoms with E-state index < -0.39 is 34.9 Å². The van der Waals surface area contributed by atoms with E-state index in [0.717, 1.165) is 17.7 Å². The second-order valence-electron chi connectivity index (χ2n) is 13.3. The molecule has 12 heteroatoms. The monoisotopic (exact) mass is 702 g/mol. The number of nitrogens with one attached hydrogen (secondary N) is 1. The van der Waals surface area contributed by atoms with E-state index in [1.54, 1.807) is 40.1 Å². The van der Waals surface area contributed by atoms with E-state index in [0.29, 0.717) is 62.3 Å². The summed E-state index contributed by atoms with van der Waals surface area (Å²) in [6, 6.07) is 19.4. The van der Waals surface area contributed by atoms with Crippen LogP contribution in [0.2, 0.25) is 0 Å². The predicted molar refractivity (Wildman–Crippen MR) is 187 cm³/mol. The van der Waals surface area contributed by atoms with Crippen LogP contribution in [0.15, 0.2) is 96.6 Å². The molecule has 0 saturated carbocycles. The number of nitrogen functional groups attached to an aromatic ring is 1. The summed E-state index contributed by atoms with van der Waals surface area (Å²) in [5, 5.41) is 14.9. The molecule has 6 rings (SSSR count). The van der Waals surface area contributed by atoms with E-state index in [9.17, 15) is 32.7 Å². The van der Waals surface area contributed by atoms with Crippen molar-refractivity contribution in [1.82, 2.24) is 9.80 Å². The summed E-state index contributed by atoms with van der Waals surface area (Å²) in [7, 11) is 0. The standard InChI is InChI=1S/C39H41F3N4O5/c40-39(41,42)33-24-32(12-13-34(33)43)44-37(49)38(50,31-14-16-45(17-15-31)35(47)27-7-2-1-3-8-27)25-26-6-4-9-28(22-26)29-10-5-11-30(23-29)36(48)46-18-20-51-21-19-46/h1-13,22,24,29,31,50H,14-21,23,25,43H2,(H,44,49). The number of halogens is 3. The van der Waals surface area contributed by atoms with Gasteiger partial charge in [-0.15, -0.1) is 0 Å². The van der Waals surface area contributed by atoms with Gasteiger partial charge in [0.1, 0.15) is 5.60 Å². The van der Waals surface area contributed by atoms with Crippen molar-refractivity contribution in [2.24, 2.45) is 5.92 Å². The van der Waals surface area contributed by atoms with Gasteiger partial charge in [0, 0.05) is 66.9 Å². The van der Waals surface area contributed by atoms with E-state index in [2.05, 4.69) is 5.32 Å². The molecule has 0 radical (unpaired) electrons. The average molecular weight is 703 g/mol. The first-order valence-corrected chi connectivity index (χ1v) is 17.1. The van der Waals surface area contributed by atoms with Crippen molar-refractivity contribution in [3.05, 3.63) is 119 Å². The van der Waals surface area contributed by atoms with Crippen LogP contribution in [0.1, 0.15) is 52.2 Å². The molecule has 3 aromatic carbocycles. The summed E-state index contributed by atoms with van der Waals surface area (Å²) in [6.07, 6.45) is 1.90. The van der Waals surface area contributed by atoms with E-state index >= 15 is 0 Å². The van der Waals surface area contributed by atoms with Gasteiger partial charge in [0.2, 0.25) is 5.91 Å². The van der Waals surface area contributed by atoms with Crippen LogP contribution in [0, 0.1) is 5.92 Å². The van der Waals surface area contributed by atoms with E-state index in [4.69, 9.17) is 10.5 Å². The minimum atomic E-state index is -4.74. The Morgan fingerprint density at radius 3 is 2.29 bits per heavy atom. The minimum Gasteiger partial charge on any atom is -0.398 e. The highest BCUT2D eigenvalue weighted by Gasteiger charge is 2.46. The number of ether oxygens (including phenoxy) is 1. The van der Waals surface area contributed by atoms with Crippen molar-refractivity contribution < 1.29 is 37.4 Å². The van der Waals surface area contributed by atoms with Crippen LogP contribution in [0.3, 0.4) is 0 Å². The zero-order chi connectivity index (χ0) is 36.2. The minimum absolute atomic E-state index is 0.0247. The van der Waals surface area contributed by atoms with Crippen LogP contribution in [0.4, 0.5) is 24.5 Å². The third-order valence-corrected chi connectivity index (χ3v) is 9.99. The Morgan fingerprint density at radius 1 is 0.882 bits per heavy atom. The normalized spacial score (nSPS) is 19.6. The molecule has 1 aliphatic carbocycles. The number of allylic oxidation sites excluding steroid dienone is 3. The molecule has 4 N–H and O–H groups in total. The van der Waals surface area contributed by atoms with Gasteiger partial charge in [-0.3, -0.25) is 14.4 Å². The highest BCUT2D eigenvalue weighted by atomic mass is 19.4. The highest BCUT2D eigenvalue weighted by Crippen LogP contribution is 2.38. The Morgan fingerprint density at radius 2 is 1.59 bits per heavy atom. The zero-order valence-electron chi connectivity index (χ0n) is 28.1. The number of rotatable bonds is 8. The summed E-state index contributed by atoms with van der Waals surface area (Å²) in [5.74, 6) is -1.77. The van der Waals surface area contributed by atoms with Crippen molar-refractivity contribution in [2.45, 2.75) is 43.4 Å². The number of amides is 3. The van der Waals surface area contributed by atoms with E-state index in [1.807, 2.05) is 42.5 Å². The number of nitrogens with zero attached hydrogens (tertiary/aromatic N) is 2. The molecule has 51 heavy (non-hydrogen) atoms. The molecule has 3 aliphatic rings. The first kappa shape index (κ1) is 35.9. The molecule has 2 aliphatic heterocycles. The maximum absolute atomic E-state index is 14.1. The summed E-state index contributed by atoms with van der Waals surface area (Å²) in [5.41, 5.74) is 4.57. The van der Waals surface area contributed by atoms with E-state index in [1.165, 1.54) is 6.07 Å². The summed E-state index contributed by atoms with van der Waals surface area (Å²) in [4.78, 5) is 43.9. The lowest BCUT2D eigenvalue weighted by atomic mass is 9.75. The lowest BCUT2D eigenvalue weighted by molar-refractivity contribution is -0.142. The number of likely N-dealkylation sites (tertiary alicyclic amines) is 1. The smallest absolute Gasteiger partial charge is 0.398 e. The number of anilines is 2. The molecule has 2 unspecified atom stereocenters. The Kier molecular flexibility index (Phi) is 10.6. The molecule has 0 spiro atoms. The molecule has 2 heterocycles. The molecule has 2 atom stereocenters. The largest absolute Gasteiger partial charge is 0.418 e. The number of piperidine rings is 1. The van der Waals surface area contributed by atoms with Crippen molar-refractivity contribution in [1.29, 1.82) is 0 Å². The van der Waals surface area contributed by atoms with Crippen molar-refractivity contribution >= 4 is 29.1 Å². The van der Waals surface area contributed by atoms with Gasteiger partial charge in [-0.1, -0.05) is 60.7 Å². The second-order valence-corrected chi connectivity index (χ2v) is 13.3. The van der Waals surface area contributed by atoms with Crippen LogP contribution in [-0.2, 0) is 26.9 Å². The maximum atomic E-state index is 14.1. The highest BCUT2D eigenvalue weighted by molar-refractivity contribution is 5.98. The van der Waals surface area contributed by atoms with Crippen LogP contribution in [0.5, 0.6) is 0 Å². The Bertz CT molecular complexity index is 1810. The van der Waals surface area contributed by atoms with Crippen molar-refractivity contribution in [3.8, 4) is 0 Å². The summed E-state index contributed by atoms with van der Waals surface area (Å²) >= 11 is 0. The molecular formula is C39H41F3N4O5. The van der Waals surface area contributed by atoms with Gasteiger partial charge in [-0.25, -0.2) is 0 Å². The van der Waals surface area contributed by atoms with Crippen molar-refractivity contribution in [3.63, 3.8) is 0 Å². The molecule has 3 aromatic rings. The number of hydrogen-bond donors (Lipinski definition) is 3. The second kappa shape index (κ2) is 15.1. The fraction of sp³-hybridized carbons (Fsp3) is 0.359. The third kappa shape index (κ3) is 8.18. The first-order chi connectivity index (χ1) is 24.4. The number of hydrogen-bond acceptors (Lipinski definition) is 6. The van der Waals surface area contributed by atoms with Gasteiger partial charge in [0.15, 0.2) is 0 Å². The fourth-order valence-electron chi connectivity index (χ4n) is 7.13. The fourth-order valence-corrected chi connectivity index (χ4v) is 7.13. The molecule has 2 saturated heterocycles. The quantitative estimate of drug-likeness (QED) is 0.264. The lowest BCUT2D eigenvalue weighted by Crippen LogP contribution is -2.54. The van der Waals surface area contributed by atoms with Crippen LogP contribution >= 0.6 is 0 Å². The van der Waals surface area contributed by atoms with Gasteiger partial charge >= 0.3 is 6.18 Å². The molecule has 2 fully saturated rings. The summed E-state index contributed by atoms with van der Waals surface area (Å²) < 4.78 is 46.3. The number of aliphatic hydroxyl groups is 1. The number of benzene rings is 3. The summed E-state index contributed by atoms with van der Waals surface area (Å²) in [6.45, 7) is 2.64. The number of alkyl halides is 3. The van der Waals surface area contributed by atoms with Crippen molar-refractivity contribution in [2.75, 3.05) is 50.4 Å². The van der Waals surface area contributed by atoms with Gasteiger partial charge in [0.05, 0.1) is 18.8 Å². The van der Waals surface area contributed by atoms with Crippen LogP contribution in [0.25, 0.3) is 0 Å². The number of carbonyl (C=O) groups excluding carboxylic acids is 3.